The van der Waals surface area contributed by atoms with Gasteiger partial charge in [0.25, 0.3) is 0 Å². The maximum atomic E-state index is 10.3. The van der Waals surface area contributed by atoms with Crippen molar-refractivity contribution in [1.82, 2.24) is 5.32 Å². The molecule has 1 saturated heterocycles. The van der Waals surface area contributed by atoms with Crippen LogP contribution in [-0.2, 0) is 4.79 Å². The van der Waals surface area contributed by atoms with E-state index >= 15 is 0 Å². The minimum absolute atomic E-state index is 0.0405. The number of hydrogen-bond donors (Lipinski definition) is 2. The lowest BCUT2D eigenvalue weighted by molar-refractivity contribution is -0.111. The lowest BCUT2D eigenvalue weighted by atomic mass is 9.96. The van der Waals surface area contributed by atoms with Crippen molar-refractivity contribution in [2.45, 2.75) is 12.5 Å². The standard InChI is InChI=1S/C6H12N2O/c7-6-1-2-8-3-5(6)4-9/h4-6,8H,1-3,7H2. The third kappa shape index (κ3) is 1.50. The van der Waals surface area contributed by atoms with E-state index in [0.717, 1.165) is 25.8 Å². The second kappa shape index (κ2) is 2.94. The van der Waals surface area contributed by atoms with E-state index in [2.05, 4.69) is 5.32 Å². The van der Waals surface area contributed by atoms with Gasteiger partial charge in [-0.15, -0.1) is 0 Å². The summed E-state index contributed by atoms with van der Waals surface area (Å²) in [4.78, 5) is 10.3. The molecule has 1 fully saturated rings. The number of aldehydes is 1. The Morgan fingerprint density at radius 1 is 1.67 bits per heavy atom. The first kappa shape index (κ1) is 6.71. The summed E-state index contributed by atoms with van der Waals surface area (Å²) in [5.41, 5.74) is 5.62. The van der Waals surface area contributed by atoms with Gasteiger partial charge in [0.2, 0.25) is 0 Å². The van der Waals surface area contributed by atoms with Gasteiger partial charge in [-0.1, -0.05) is 0 Å². The average Bonchev–Trinajstić information content (AvgIpc) is 1.89. The molecule has 1 aliphatic rings. The van der Waals surface area contributed by atoms with E-state index in [1.165, 1.54) is 0 Å². The van der Waals surface area contributed by atoms with Gasteiger partial charge in [-0.25, -0.2) is 0 Å². The van der Waals surface area contributed by atoms with E-state index in [1.807, 2.05) is 0 Å². The fraction of sp³-hybridized carbons (Fsp3) is 0.833. The third-order valence-electron chi connectivity index (χ3n) is 1.76. The predicted octanol–water partition coefficient (Wildman–Crippen LogP) is -0.878. The van der Waals surface area contributed by atoms with Gasteiger partial charge in [0, 0.05) is 18.5 Å². The fourth-order valence-corrected chi connectivity index (χ4v) is 1.05. The Labute approximate surface area is 54.6 Å². The molecule has 0 aromatic heterocycles. The fourth-order valence-electron chi connectivity index (χ4n) is 1.05. The monoisotopic (exact) mass is 128 g/mol. The number of carbonyl (C=O) groups excluding carboxylic acids is 1. The first-order valence-corrected chi connectivity index (χ1v) is 3.26. The van der Waals surface area contributed by atoms with Crippen molar-refractivity contribution in [2.24, 2.45) is 11.7 Å². The molecule has 0 saturated carbocycles. The highest BCUT2D eigenvalue weighted by Gasteiger charge is 2.19. The van der Waals surface area contributed by atoms with Crippen LogP contribution in [0, 0.1) is 5.92 Å². The van der Waals surface area contributed by atoms with E-state index in [-0.39, 0.29) is 12.0 Å². The van der Waals surface area contributed by atoms with Gasteiger partial charge in [0.05, 0.1) is 0 Å². The van der Waals surface area contributed by atoms with Gasteiger partial charge in [-0.3, -0.25) is 0 Å². The Morgan fingerprint density at radius 2 is 2.44 bits per heavy atom. The van der Waals surface area contributed by atoms with Crippen LogP contribution in [-0.4, -0.2) is 25.4 Å². The summed E-state index contributed by atoms with van der Waals surface area (Å²) in [5, 5.41) is 3.10. The first-order chi connectivity index (χ1) is 4.34. The molecule has 9 heavy (non-hydrogen) atoms. The van der Waals surface area contributed by atoms with Gasteiger partial charge >= 0.3 is 0 Å². The quantitative estimate of drug-likeness (QED) is 0.451. The number of rotatable bonds is 1. The topological polar surface area (TPSA) is 55.1 Å². The van der Waals surface area contributed by atoms with Gasteiger partial charge in [-0.2, -0.15) is 0 Å². The Morgan fingerprint density at radius 3 is 2.89 bits per heavy atom. The first-order valence-electron chi connectivity index (χ1n) is 3.26. The molecular formula is C6H12N2O. The molecule has 2 unspecified atom stereocenters. The molecule has 1 aliphatic heterocycles. The molecule has 1 heterocycles. The lowest BCUT2D eigenvalue weighted by Crippen LogP contribution is -2.45. The van der Waals surface area contributed by atoms with E-state index in [0.29, 0.717) is 0 Å². The van der Waals surface area contributed by atoms with Crippen LogP contribution < -0.4 is 11.1 Å². The van der Waals surface area contributed by atoms with E-state index in [9.17, 15) is 4.79 Å². The molecule has 2 atom stereocenters. The maximum absolute atomic E-state index is 10.3. The molecule has 0 spiro atoms. The zero-order valence-electron chi connectivity index (χ0n) is 5.34. The van der Waals surface area contributed by atoms with Crippen molar-refractivity contribution in [1.29, 1.82) is 0 Å². The Hall–Kier alpha value is -0.410. The SMILES string of the molecule is NC1CCNCC1C=O. The van der Waals surface area contributed by atoms with Crippen LogP contribution in [0.1, 0.15) is 6.42 Å². The number of carbonyl (C=O) groups is 1. The highest BCUT2D eigenvalue weighted by Crippen LogP contribution is 2.04. The average molecular weight is 128 g/mol. The van der Waals surface area contributed by atoms with Crippen LogP contribution >= 0.6 is 0 Å². The lowest BCUT2D eigenvalue weighted by Gasteiger charge is -2.24. The summed E-state index contributed by atoms with van der Waals surface area (Å²) in [6, 6.07) is 0.0868. The Bertz CT molecular complexity index is 105. The minimum Gasteiger partial charge on any atom is -0.327 e. The van der Waals surface area contributed by atoms with Gasteiger partial charge in [0.15, 0.2) is 0 Å². The molecule has 52 valence electrons. The van der Waals surface area contributed by atoms with Crippen molar-refractivity contribution in [2.75, 3.05) is 13.1 Å². The van der Waals surface area contributed by atoms with Crippen molar-refractivity contribution in [3.63, 3.8) is 0 Å². The molecule has 0 aromatic rings. The highest BCUT2D eigenvalue weighted by atomic mass is 16.1. The van der Waals surface area contributed by atoms with Crippen LogP contribution in [0.5, 0.6) is 0 Å². The summed E-state index contributed by atoms with van der Waals surface area (Å²) in [6.07, 6.45) is 1.86. The maximum Gasteiger partial charge on any atom is 0.125 e. The molecule has 1 rings (SSSR count). The summed E-state index contributed by atoms with van der Waals surface area (Å²) >= 11 is 0. The molecule has 3 heteroatoms. The van der Waals surface area contributed by atoms with Crippen molar-refractivity contribution >= 4 is 6.29 Å². The van der Waals surface area contributed by atoms with E-state index in [4.69, 9.17) is 5.73 Å². The zero-order chi connectivity index (χ0) is 6.69. The summed E-state index contributed by atoms with van der Waals surface area (Å²) in [7, 11) is 0. The second-order valence-electron chi connectivity index (χ2n) is 2.46. The van der Waals surface area contributed by atoms with Gasteiger partial charge in [0.1, 0.15) is 6.29 Å². The summed E-state index contributed by atoms with van der Waals surface area (Å²) in [5.74, 6) is 0.0405. The molecule has 3 nitrogen and oxygen atoms in total. The van der Waals surface area contributed by atoms with E-state index in [1.54, 1.807) is 0 Å². The normalized spacial score (nSPS) is 36.1. The number of piperidine rings is 1. The van der Waals surface area contributed by atoms with Crippen LogP contribution in [0.4, 0.5) is 0 Å². The smallest absolute Gasteiger partial charge is 0.125 e. The summed E-state index contributed by atoms with van der Waals surface area (Å²) < 4.78 is 0. The summed E-state index contributed by atoms with van der Waals surface area (Å²) in [6.45, 7) is 1.70. The predicted molar refractivity (Wildman–Crippen MR) is 35.0 cm³/mol. The number of hydrogen-bond acceptors (Lipinski definition) is 3. The van der Waals surface area contributed by atoms with Gasteiger partial charge < -0.3 is 15.8 Å². The molecule has 0 aliphatic carbocycles. The van der Waals surface area contributed by atoms with Crippen molar-refractivity contribution < 1.29 is 4.79 Å². The van der Waals surface area contributed by atoms with Crippen LogP contribution in [0.3, 0.4) is 0 Å². The molecule has 0 amide bonds. The van der Waals surface area contributed by atoms with Crippen LogP contribution in [0.2, 0.25) is 0 Å². The molecular weight excluding hydrogens is 116 g/mol. The Balaban J connectivity index is 2.38. The van der Waals surface area contributed by atoms with Crippen molar-refractivity contribution in [3.8, 4) is 0 Å². The molecule has 0 aromatic carbocycles. The highest BCUT2D eigenvalue weighted by molar-refractivity contribution is 5.55. The number of nitrogens with one attached hydrogen (secondary N) is 1. The van der Waals surface area contributed by atoms with Crippen LogP contribution in [0.15, 0.2) is 0 Å². The second-order valence-corrected chi connectivity index (χ2v) is 2.46. The largest absolute Gasteiger partial charge is 0.327 e. The molecule has 3 N–H and O–H groups in total. The molecule has 0 bridgehead atoms. The van der Waals surface area contributed by atoms with Gasteiger partial charge in [-0.05, 0) is 13.0 Å². The third-order valence-corrected chi connectivity index (χ3v) is 1.76. The van der Waals surface area contributed by atoms with E-state index < -0.39 is 0 Å². The molecule has 0 radical (unpaired) electrons. The zero-order valence-corrected chi connectivity index (χ0v) is 5.34. The minimum atomic E-state index is 0.0405. The van der Waals surface area contributed by atoms with Crippen molar-refractivity contribution in [3.05, 3.63) is 0 Å². The number of nitrogens with two attached hydrogens (primary N) is 1. The Kier molecular flexibility index (Phi) is 2.19. The van der Waals surface area contributed by atoms with Crippen LogP contribution in [0.25, 0.3) is 0 Å².